The lowest BCUT2D eigenvalue weighted by atomic mass is 10.2. The zero-order valence-corrected chi connectivity index (χ0v) is 12.2. The summed E-state index contributed by atoms with van der Waals surface area (Å²) >= 11 is 10.5. The number of halogens is 2. The van der Waals surface area contributed by atoms with Crippen molar-refractivity contribution in [2.75, 3.05) is 5.32 Å². The molecule has 1 heterocycles. The molecule has 17 heavy (non-hydrogen) atoms. The zero-order chi connectivity index (χ0) is 12.4. The van der Waals surface area contributed by atoms with E-state index in [9.17, 15) is 5.11 Å². The van der Waals surface area contributed by atoms with Gasteiger partial charge in [0.05, 0.1) is 12.2 Å². The van der Waals surface area contributed by atoms with Crippen LogP contribution in [0.1, 0.15) is 10.4 Å². The molecule has 0 aliphatic rings. The second-order valence-corrected chi connectivity index (χ2v) is 6.16. The fourth-order valence-corrected chi connectivity index (χ4v) is 2.97. The van der Waals surface area contributed by atoms with E-state index in [2.05, 4.69) is 26.2 Å². The summed E-state index contributed by atoms with van der Waals surface area (Å²) in [4.78, 5) is 4.99. The molecule has 3 nitrogen and oxygen atoms in total. The Morgan fingerprint density at radius 2 is 2.29 bits per heavy atom. The van der Waals surface area contributed by atoms with Crippen LogP contribution in [0.4, 0.5) is 5.69 Å². The monoisotopic (exact) mass is 332 g/mol. The first kappa shape index (κ1) is 12.7. The van der Waals surface area contributed by atoms with Crippen molar-refractivity contribution in [1.29, 1.82) is 0 Å². The number of anilines is 1. The highest BCUT2D eigenvalue weighted by atomic mass is 79.9. The summed E-state index contributed by atoms with van der Waals surface area (Å²) in [6.07, 6.45) is 1.73. The molecule has 2 N–H and O–H groups in total. The van der Waals surface area contributed by atoms with Crippen molar-refractivity contribution >= 4 is 44.6 Å². The van der Waals surface area contributed by atoms with Gasteiger partial charge in [-0.2, -0.15) is 0 Å². The number of rotatable bonds is 3. The van der Waals surface area contributed by atoms with Crippen LogP contribution >= 0.6 is 38.9 Å². The maximum absolute atomic E-state index is 9.82. The van der Waals surface area contributed by atoms with Gasteiger partial charge in [-0.25, -0.2) is 4.98 Å². The van der Waals surface area contributed by atoms with E-state index in [0.29, 0.717) is 11.0 Å². The minimum atomic E-state index is 0.229. The van der Waals surface area contributed by atoms with E-state index in [1.54, 1.807) is 12.3 Å². The lowest BCUT2D eigenvalue weighted by molar-refractivity contribution is 0.476. The van der Waals surface area contributed by atoms with Crippen LogP contribution in [0.2, 0.25) is 4.47 Å². The van der Waals surface area contributed by atoms with E-state index in [1.807, 2.05) is 13.0 Å². The molecular formula is C11H10BrClN2OS. The summed E-state index contributed by atoms with van der Waals surface area (Å²) in [7, 11) is 0. The third-order valence-electron chi connectivity index (χ3n) is 2.24. The van der Waals surface area contributed by atoms with Crippen molar-refractivity contribution in [3.63, 3.8) is 0 Å². The standard InChI is InChI=1S/C11H10BrClN2OS/c1-6-2-7(12)3-9(16)10(6)14-4-8-5-15-11(13)17-8/h2-3,5,14,16H,4H2,1H3. The van der Waals surface area contributed by atoms with E-state index in [4.69, 9.17) is 11.6 Å². The van der Waals surface area contributed by atoms with Crippen LogP contribution in [0, 0.1) is 6.92 Å². The van der Waals surface area contributed by atoms with Gasteiger partial charge in [-0.15, -0.1) is 11.3 Å². The first-order chi connectivity index (χ1) is 8.06. The summed E-state index contributed by atoms with van der Waals surface area (Å²) in [6, 6.07) is 3.61. The summed E-state index contributed by atoms with van der Waals surface area (Å²) in [5.41, 5.74) is 1.71. The van der Waals surface area contributed by atoms with E-state index < -0.39 is 0 Å². The average molecular weight is 334 g/mol. The van der Waals surface area contributed by atoms with E-state index in [0.717, 1.165) is 20.6 Å². The number of phenols is 1. The number of aromatic nitrogens is 1. The number of aromatic hydroxyl groups is 1. The number of hydrogen-bond donors (Lipinski definition) is 2. The smallest absolute Gasteiger partial charge is 0.183 e. The maximum Gasteiger partial charge on any atom is 0.183 e. The molecule has 2 aromatic rings. The Hall–Kier alpha value is -0.780. The quantitative estimate of drug-likeness (QED) is 0.828. The van der Waals surface area contributed by atoms with Gasteiger partial charge in [-0.1, -0.05) is 27.5 Å². The third-order valence-corrected chi connectivity index (χ3v) is 3.82. The Bertz CT molecular complexity index is 521. The van der Waals surface area contributed by atoms with Crippen LogP contribution in [-0.2, 0) is 6.54 Å². The molecule has 0 saturated carbocycles. The molecule has 0 atom stereocenters. The van der Waals surface area contributed by atoms with Gasteiger partial charge in [0.25, 0.3) is 0 Å². The second kappa shape index (κ2) is 5.25. The van der Waals surface area contributed by atoms with Crippen LogP contribution in [0.3, 0.4) is 0 Å². The minimum absolute atomic E-state index is 0.229. The van der Waals surface area contributed by atoms with Gasteiger partial charge in [0.15, 0.2) is 4.47 Å². The summed E-state index contributed by atoms with van der Waals surface area (Å²) < 4.78 is 1.39. The molecular weight excluding hydrogens is 324 g/mol. The zero-order valence-electron chi connectivity index (χ0n) is 9.00. The highest BCUT2D eigenvalue weighted by Crippen LogP contribution is 2.31. The Balaban J connectivity index is 2.14. The Morgan fingerprint density at radius 1 is 1.53 bits per heavy atom. The summed E-state index contributed by atoms with van der Waals surface area (Å²) in [6.45, 7) is 2.53. The first-order valence-corrected chi connectivity index (χ1v) is 6.88. The number of nitrogens with zero attached hydrogens (tertiary/aromatic N) is 1. The van der Waals surface area contributed by atoms with Gasteiger partial charge in [-0.05, 0) is 24.6 Å². The molecule has 0 radical (unpaired) electrons. The largest absolute Gasteiger partial charge is 0.506 e. The highest BCUT2D eigenvalue weighted by Gasteiger charge is 2.07. The molecule has 0 aliphatic heterocycles. The minimum Gasteiger partial charge on any atom is -0.506 e. The fourth-order valence-electron chi connectivity index (χ4n) is 1.50. The predicted molar refractivity (Wildman–Crippen MR) is 75.0 cm³/mol. The van der Waals surface area contributed by atoms with Gasteiger partial charge in [0, 0.05) is 15.5 Å². The molecule has 0 spiro atoms. The van der Waals surface area contributed by atoms with Crippen LogP contribution < -0.4 is 5.32 Å². The molecule has 0 saturated heterocycles. The first-order valence-electron chi connectivity index (χ1n) is 4.89. The molecule has 90 valence electrons. The fraction of sp³-hybridized carbons (Fsp3) is 0.182. The number of phenolic OH excluding ortho intramolecular Hbond substituents is 1. The second-order valence-electron chi connectivity index (χ2n) is 3.55. The van der Waals surface area contributed by atoms with E-state index in [1.165, 1.54) is 11.3 Å². The van der Waals surface area contributed by atoms with E-state index >= 15 is 0 Å². The van der Waals surface area contributed by atoms with E-state index in [-0.39, 0.29) is 5.75 Å². The Morgan fingerprint density at radius 3 is 2.88 bits per heavy atom. The van der Waals surface area contributed by atoms with Crippen LogP contribution in [0.25, 0.3) is 0 Å². The van der Waals surface area contributed by atoms with Crippen LogP contribution in [-0.4, -0.2) is 10.1 Å². The van der Waals surface area contributed by atoms with Gasteiger partial charge in [-0.3, -0.25) is 0 Å². The topological polar surface area (TPSA) is 45.1 Å². The molecule has 0 amide bonds. The van der Waals surface area contributed by atoms with Crippen molar-refractivity contribution in [2.24, 2.45) is 0 Å². The predicted octanol–water partition coefficient (Wildman–Crippen LogP) is 4.19. The SMILES string of the molecule is Cc1cc(Br)cc(O)c1NCc1cnc(Cl)s1. The van der Waals surface area contributed by atoms with Gasteiger partial charge >= 0.3 is 0 Å². The lowest BCUT2D eigenvalue weighted by Crippen LogP contribution is -1.99. The van der Waals surface area contributed by atoms with Crippen LogP contribution in [0.15, 0.2) is 22.8 Å². The van der Waals surface area contributed by atoms with Gasteiger partial charge < -0.3 is 10.4 Å². The molecule has 0 aliphatic carbocycles. The lowest BCUT2D eigenvalue weighted by Gasteiger charge is -2.11. The molecule has 0 fully saturated rings. The third kappa shape index (κ3) is 3.12. The Kier molecular flexibility index (Phi) is 3.91. The normalized spacial score (nSPS) is 10.5. The maximum atomic E-state index is 9.82. The highest BCUT2D eigenvalue weighted by molar-refractivity contribution is 9.10. The average Bonchev–Trinajstić information content (AvgIpc) is 2.62. The number of thiazole rings is 1. The molecule has 1 aromatic carbocycles. The summed E-state index contributed by atoms with van der Waals surface area (Å²) in [5, 5.41) is 13.0. The van der Waals surface area contributed by atoms with Crippen molar-refractivity contribution < 1.29 is 5.11 Å². The number of aryl methyl sites for hydroxylation is 1. The number of benzene rings is 1. The summed E-state index contributed by atoms with van der Waals surface area (Å²) in [5.74, 6) is 0.229. The molecule has 0 unspecified atom stereocenters. The van der Waals surface area contributed by atoms with Crippen molar-refractivity contribution in [2.45, 2.75) is 13.5 Å². The molecule has 6 heteroatoms. The van der Waals surface area contributed by atoms with Gasteiger partial charge in [0.2, 0.25) is 0 Å². The molecule has 2 rings (SSSR count). The van der Waals surface area contributed by atoms with Crippen LogP contribution in [0.5, 0.6) is 5.75 Å². The number of nitrogens with one attached hydrogen (secondary N) is 1. The molecule has 0 bridgehead atoms. The van der Waals surface area contributed by atoms with Crippen molar-refractivity contribution in [3.05, 3.63) is 37.7 Å². The number of hydrogen-bond acceptors (Lipinski definition) is 4. The molecule has 1 aromatic heterocycles. The van der Waals surface area contributed by atoms with Crippen molar-refractivity contribution in [1.82, 2.24) is 4.98 Å². The Labute approximate surface area is 117 Å². The van der Waals surface area contributed by atoms with Crippen molar-refractivity contribution in [3.8, 4) is 5.75 Å². The van der Waals surface area contributed by atoms with Gasteiger partial charge in [0.1, 0.15) is 5.75 Å².